The number of rotatable bonds is 7. The number of methoxy groups -OCH3 is 1. The molecule has 6 heteroatoms. The number of ether oxygens (including phenoxy) is 1. The molecule has 0 fully saturated rings. The van der Waals surface area contributed by atoms with Crippen LogP contribution < -0.4 is 20.6 Å². The summed E-state index contributed by atoms with van der Waals surface area (Å²) in [5, 5.41) is 5.34. The lowest BCUT2D eigenvalue weighted by Crippen LogP contribution is -3.09. The zero-order valence-electron chi connectivity index (χ0n) is 14.7. The molecule has 0 unspecified atom stereocenters. The van der Waals surface area contributed by atoms with Gasteiger partial charge in [0.2, 0.25) is 0 Å². The van der Waals surface area contributed by atoms with Gasteiger partial charge in [0.15, 0.2) is 6.04 Å². The van der Waals surface area contributed by atoms with E-state index in [1.165, 1.54) is 9.78 Å². The Hall–Kier alpha value is -2.15. The molecule has 2 aromatic heterocycles. The molecule has 0 radical (unpaired) electrons. The predicted octanol–water partition coefficient (Wildman–Crippen LogP) is 0.812. The number of hydrogen-bond donors (Lipinski definition) is 2. The van der Waals surface area contributed by atoms with Crippen LogP contribution in [0.4, 0.5) is 0 Å². The molecule has 0 saturated carbocycles. The zero-order valence-corrected chi connectivity index (χ0v) is 15.6. The van der Waals surface area contributed by atoms with Crippen molar-refractivity contribution in [1.29, 1.82) is 0 Å². The first kappa shape index (κ1) is 17.7. The van der Waals surface area contributed by atoms with Gasteiger partial charge in [0.1, 0.15) is 24.4 Å². The second-order valence-corrected chi connectivity index (χ2v) is 7.31. The van der Waals surface area contributed by atoms with E-state index in [0.29, 0.717) is 17.4 Å². The largest absolute Gasteiger partial charge is 0.497 e. The molecule has 5 nitrogen and oxygen atoms in total. The van der Waals surface area contributed by atoms with E-state index in [9.17, 15) is 4.79 Å². The standard InChI is InChI=1S/C19H22N2O3S/c1-21(2)16(18-5-4-8-25-18)12-20-11-13-9-19(22)24-17-10-14(23-3)6-7-15(13)17/h4-10,16,20H,11-12H2,1-3H3/p+2/t16-/m1/s1. The Bertz CT molecular complexity index is 887. The smallest absolute Gasteiger partial charge is 0.336 e. The average molecular weight is 360 g/mol. The van der Waals surface area contributed by atoms with Crippen LogP contribution in [0.1, 0.15) is 16.5 Å². The first-order valence-electron chi connectivity index (χ1n) is 8.34. The van der Waals surface area contributed by atoms with Crippen LogP contribution in [0.25, 0.3) is 11.0 Å². The third-order valence-electron chi connectivity index (χ3n) is 4.39. The van der Waals surface area contributed by atoms with Crippen LogP contribution in [0.3, 0.4) is 0 Å². The Kier molecular flexibility index (Phi) is 5.53. The molecule has 2 heterocycles. The van der Waals surface area contributed by atoms with E-state index >= 15 is 0 Å². The number of nitrogens with one attached hydrogen (secondary N) is 1. The molecule has 25 heavy (non-hydrogen) atoms. The van der Waals surface area contributed by atoms with E-state index in [0.717, 1.165) is 24.0 Å². The van der Waals surface area contributed by atoms with Crippen LogP contribution in [0.15, 0.2) is 51.0 Å². The Morgan fingerprint density at radius 1 is 1.28 bits per heavy atom. The van der Waals surface area contributed by atoms with Crippen molar-refractivity contribution in [3.8, 4) is 5.75 Å². The SMILES string of the molecule is COc1ccc2c(C[NH2+]C[C@H](c3cccs3)[NH+](C)C)cc(=O)oc2c1. The van der Waals surface area contributed by atoms with E-state index in [4.69, 9.17) is 9.15 Å². The predicted molar refractivity (Wildman–Crippen MR) is 99.4 cm³/mol. The number of benzene rings is 1. The molecule has 3 N–H and O–H groups in total. The maximum atomic E-state index is 11.9. The maximum Gasteiger partial charge on any atom is 0.336 e. The highest BCUT2D eigenvalue weighted by Gasteiger charge is 2.21. The molecular formula is C19H24N2O3S+2. The number of quaternary nitrogens is 2. The van der Waals surface area contributed by atoms with Crippen molar-refractivity contribution in [2.75, 3.05) is 27.7 Å². The van der Waals surface area contributed by atoms with Crippen LogP contribution in [0.5, 0.6) is 5.75 Å². The fraction of sp³-hybridized carbons (Fsp3) is 0.316. The van der Waals surface area contributed by atoms with Crippen LogP contribution >= 0.6 is 11.3 Å². The number of likely N-dealkylation sites (N-methyl/N-ethyl adjacent to an activating group) is 1. The Labute approximate surface area is 150 Å². The van der Waals surface area contributed by atoms with Crippen LogP contribution in [-0.2, 0) is 6.54 Å². The molecule has 1 atom stereocenters. The molecule has 1 aromatic carbocycles. The van der Waals surface area contributed by atoms with Gasteiger partial charge in [0, 0.05) is 23.1 Å². The lowest BCUT2D eigenvalue weighted by Gasteiger charge is -2.18. The molecule has 0 bridgehead atoms. The summed E-state index contributed by atoms with van der Waals surface area (Å²) in [6.45, 7) is 1.70. The van der Waals surface area contributed by atoms with Gasteiger partial charge in [-0.1, -0.05) is 6.07 Å². The van der Waals surface area contributed by atoms with E-state index in [1.54, 1.807) is 30.6 Å². The van der Waals surface area contributed by atoms with Gasteiger partial charge in [-0.2, -0.15) is 0 Å². The number of thiophene rings is 1. The molecule has 0 amide bonds. The van der Waals surface area contributed by atoms with Gasteiger partial charge in [0.05, 0.1) is 26.1 Å². The summed E-state index contributed by atoms with van der Waals surface area (Å²) in [6, 6.07) is 11.9. The fourth-order valence-electron chi connectivity index (χ4n) is 3.04. The van der Waals surface area contributed by atoms with E-state index in [2.05, 4.69) is 36.9 Å². The number of fused-ring (bicyclic) bond motifs is 1. The van der Waals surface area contributed by atoms with Crippen molar-refractivity contribution < 1.29 is 19.4 Å². The number of nitrogens with two attached hydrogens (primary N) is 1. The second kappa shape index (κ2) is 7.82. The minimum Gasteiger partial charge on any atom is -0.497 e. The van der Waals surface area contributed by atoms with Gasteiger partial charge in [-0.15, -0.1) is 11.3 Å². The van der Waals surface area contributed by atoms with Gasteiger partial charge in [-0.25, -0.2) is 4.79 Å². The molecule has 0 aliphatic rings. The minimum atomic E-state index is -0.322. The summed E-state index contributed by atoms with van der Waals surface area (Å²) in [6.07, 6.45) is 0. The minimum absolute atomic E-state index is 0.322. The Morgan fingerprint density at radius 2 is 2.12 bits per heavy atom. The second-order valence-electron chi connectivity index (χ2n) is 6.33. The van der Waals surface area contributed by atoms with Crippen molar-refractivity contribution in [2.45, 2.75) is 12.6 Å². The molecular weight excluding hydrogens is 336 g/mol. The monoisotopic (exact) mass is 360 g/mol. The summed E-state index contributed by atoms with van der Waals surface area (Å²) >= 11 is 1.79. The maximum absolute atomic E-state index is 11.9. The summed E-state index contributed by atoms with van der Waals surface area (Å²) in [7, 11) is 5.96. The summed E-state index contributed by atoms with van der Waals surface area (Å²) in [5.74, 6) is 0.686. The van der Waals surface area contributed by atoms with Crippen molar-refractivity contribution in [3.05, 3.63) is 62.6 Å². The number of hydrogen-bond acceptors (Lipinski definition) is 4. The molecule has 0 spiro atoms. The van der Waals surface area contributed by atoms with Gasteiger partial charge in [-0.3, -0.25) is 0 Å². The topological polar surface area (TPSA) is 60.5 Å². The van der Waals surface area contributed by atoms with Crippen LogP contribution in [0, 0.1) is 0 Å². The van der Waals surface area contributed by atoms with Gasteiger partial charge < -0.3 is 19.4 Å². The Morgan fingerprint density at radius 3 is 2.80 bits per heavy atom. The molecule has 3 aromatic rings. The first-order chi connectivity index (χ1) is 12.1. The van der Waals surface area contributed by atoms with Gasteiger partial charge in [-0.05, 0) is 23.6 Å². The highest BCUT2D eigenvalue weighted by molar-refractivity contribution is 7.10. The first-order valence-corrected chi connectivity index (χ1v) is 9.22. The van der Waals surface area contributed by atoms with E-state index in [-0.39, 0.29) is 5.63 Å². The van der Waals surface area contributed by atoms with E-state index in [1.807, 2.05) is 12.1 Å². The summed E-state index contributed by atoms with van der Waals surface area (Å²) < 4.78 is 10.5. The quantitative estimate of drug-likeness (QED) is 0.613. The van der Waals surface area contributed by atoms with Crippen molar-refractivity contribution in [2.24, 2.45) is 0 Å². The van der Waals surface area contributed by atoms with Gasteiger partial charge >= 0.3 is 5.63 Å². The van der Waals surface area contributed by atoms with Gasteiger partial charge in [0.25, 0.3) is 0 Å². The molecule has 132 valence electrons. The van der Waals surface area contributed by atoms with Crippen molar-refractivity contribution in [1.82, 2.24) is 0 Å². The average Bonchev–Trinajstić information content (AvgIpc) is 3.11. The highest BCUT2D eigenvalue weighted by atomic mass is 32.1. The lowest BCUT2D eigenvalue weighted by atomic mass is 10.1. The normalized spacial score (nSPS) is 12.6. The van der Waals surface area contributed by atoms with Crippen molar-refractivity contribution >= 4 is 22.3 Å². The summed E-state index contributed by atoms with van der Waals surface area (Å²) in [4.78, 5) is 14.7. The molecule has 0 aliphatic carbocycles. The third-order valence-corrected chi connectivity index (χ3v) is 5.37. The Balaban J connectivity index is 1.77. The molecule has 0 saturated heterocycles. The molecule has 0 aliphatic heterocycles. The van der Waals surface area contributed by atoms with Crippen LogP contribution in [-0.4, -0.2) is 27.7 Å². The van der Waals surface area contributed by atoms with E-state index < -0.39 is 0 Å². The summed E-state index contributed by atoms with van der Waals surface area (Å²) in [5.41, 5.74) is 1.24. The third kappa shape index (κ3) is 4.10. The lowest BCUT2D eigenvalue weighted by molar-refractivity contribution is -0.910. The zero-order chi connectivity index (χ0) is 17.8. The fourth-order valence-corrected chi connectivity index (χ4v) is 4.01. The van der Waals surface area contributed by atoms with Crippen molar-refractivity contribution in [3.63, 3.8) is 0 Å². The highest BCUT2D eigenvalue weighted by Crippen LogP contribution is 2.22. The molecule has 3 rings (SSSR count). The van der Waals surface area contributed by atoms with Crippen LogP contribution in [0.2, 0.25) is 0 Å².